The third-order valence-corrected chi connectivity index (χ3v) is 3.31. The van der Waals surface area contributed by atoms with Crippen molar-refractivity contribution in [2.45, 2.75) is 31.8 Å². The molecule has 1 aliphatic rings. The molecule has 0 amide bonds. The van der Waals surface area contributed by atoms with Gasteiger partial charge in [0, 0.05) is 6.04 Å². The Hall–Kier alpha value is -1.39. The molecule has 1 heterocycles. The van der Waals surface area contributed by atoms with Crippen LogP contribution in [0.25, 0.3) is 11.0 Å². The molecule has 17 heavy (non-hydrogen) atoms. The maximum Gasteiger partial charge on any atom is 0.129 e. The molecule has 90 valence electrons. The number of fused-ring (bicyclic) bond motifs is 1. The summed E-state index contributed by atoms with van der Waals surface area (Å²) in [5, 5.41) is 9.22. The zero-order valence-electron chi connectivity index (χ0n) is 9.93. The summed E-state index contributed by atoms with van der Waals surface area (Å²) in [6.07, 6.45) is 2.37. The summed E-state index contributed by atoms with van der Waals surface area (Å²) in [5.41, 5.74) is 9.24. The maximum absolute atomic E-state index is 9.22. The summed E-state index contributed by atoms with van der Waals surface area (Å²) in [6.45, 7) is 2.00. The highest BCUT2D eigenvalue weighted by Gasteiger charge is 2.29. The summed E-state index contributed by atoms with van der Waals surface area (Å²) < 4.78 is 2.20. The average molecular weight is 231 g/mol. The van der Waals surface area contributed by atoms with Crippen LogP contribution in [-0.2, 0) is 0 Å². The molecule has 3 N–H and O–H groups in total. The van der Waals surface area contributed by atoms with E-state index in [1.807, 2.05) is 0 Å². The van der Waals surface area contributed by atoms with Crippen molar-refractivity contribution in [1.29, 1.82) is 0 Å². The van der Waals surface area contributed by atoms with Gasteiger partial charge >= 0.3 is 0 Å². The van der Waals surface area contributed by atoms with Crippen molar-refractivity contribution in [2.24, 2.45) is 5.73 Å². The lowest BCUT2D eigenvalue weighted by molar-refractivity contribution is 0.261. The molecule has 1 saturated carbocycles. The normalized spacial score (nSPS) is 17.6. The van der Waals surface area contributed by atoms with Crippen LogP contribution in [0.3, 0.4) is 0 Å². The van der Waals surface area contributed by atoms with Gasteiger partial charge in [-0.15, -0.1) is 0 Å². The van der Waals surface area contributed by atoms with Gasteiger partial charge < -0.3 is 15.4 Å². The molecule has 1 fully saturated rings. The lowest BCUT2D eigenvalue weighted by atomic mass is 10.2. The Balaban J connectivity index is 2.22. The van der Waals surface area contributed by atoms with E-state index in [-0.39, 0.29) is 12.6 Å². The Morgan fingerprint density at radius 3 is 2.94 bits per heavy atom. The number of hydrogen-bond acceptors (Lipinski definition) is 3. The lowest BCUT2D eigenvalue weighted by Crippen LogP contribution is -2.19. The fourth-order valence-corrected chi connectivity index (χ4v) is 2.29. The van der Waals surface area contributed by atoms with Crippen molar-refractivity contribution in [3.63, 3.8) is 0 Å². The second-order valence-corrected chi connectivity index (χ2v) is 4.85. The number of benzene rings is 1. The van der Waals surface area contributed by atoms with Gasteiger partial charge in [-0.2, -0.15) is 0 Å². The van der Waals surface area contributed by atoms with Gasteiger partial charge in [0.2, 0.25) is 0 Å². The first-order valence-corrected chi connectivity index (χ1v) is 6.05. The Morgan fingerprint density at radius 1 is 1.53 bits per heavy atom. The summed E-state index contributed by atoms with van der Waals surface area (Å²) in [4.78, 5) is 4.58. The van der Waals surface area contributed by atoms with E-state index in [2.05, 4.69) is 34.7 Å². The van der Waals surface area contributed by atoms with Crippen LogP contribution in [0, 0.1) is 6.92 Å². The van der Waals surface area contributed by atoms with E-state index in [1.54, 1.807) is 0 Å². The van der Waals surface area contributed by atoms with Gasteiger partial charge in [-0.25, -0.2) is 4.98 Å². The number of aliphatic hydroxyl groups excluding tert-OH is 1. The molecule has 4 heteroatoms. The molecule has 1 aliphatic carbocycles. The fraction of sp³-hybridized carbons (Fsp3) is 0.462. The SMILES string of the molecule is Cc1ccc2c(c1)nc(C(N)CO)n2C1CC1. The second-order valence-electron chi connectivity index (χ2n) is 4.85. The van der Waals surface area contributed by atoms with Crippen molar-refractivity contribution in [3.05, 3.63) is 29.6 Å². The Bertz CT molecular complexity index is 557. The molecule has 1 aromatic carbocycles. The molecule has 2 aromatic rings. The Kier molecular flexibility index (Phi) is 2.42. The minimum atomic E-state index is -0.386. The van der Waals surface area contributed by atoms with E-state index in [0.29, 0.717) is 6.04 Å². The molecule has 1 atom stereocenters. The van der Waals surface area contributed by atoms with Crippen LogP contribution in [0.1, 0.15) is 36.3 Å². The second kappa shape index (κ2) is 3.82. The van der Waals surface area contributed by atoms with Gasteiger partial charge in [0.05, 0.1) is 23.7 Å². The number of nitrogens with two attached hydrogens (primary N) is 1. The molecule has 0 radical (unpaired) electrons. The zero-order chi connectivity index (χ0) is 12.0. The van der Waals surface area contributed by atoms with Crippen LogP contribution in [0.5, 0.6) is 0 Å². The summed E-state index contributed by atoms with van der Waals surface area (Å²) in [6, 6.07) is 6.40. The molecule has 0 aliphatic heterocycles. The van der Waals surface area contributed by atoms with Crippen molar-refractivity contribution >= 4 is 11.0 Å². The molecule has 3 rings (SSSR count). The van der Waals surface area contributed by atoms with Crippen LogP contribution < -0.4 is 5.73 Å². The molecule has 1 unspecified atom stereocenters. The van der Waals surface area contributed by atoms with E-state index in [1.165, 1.54) is 18.4 Å². The van der Waals surface area contributed by atoms with Crippen LogP contribution in [-0.4, -0.2) is 21.3 Å². The van der Waals surface area contributed by atoms with E-state index in [0.717, 1.165) is 16.9 Å². The third-order valence-electron chi connectivity index (χ3n) is 3.31. The average Bonchev–Trinajstić information content (AvgIpc) is 3.09. The Morgan fingerprint density at radius 2 is 2.29 bits per heavy atom. The van der Waals surface area contributed by atoms with Crippen molar-refractivity contribution in [1.82, 2.24) is 9.55 Å². The quantitative estimate of drug-likeness (QED) is 0.844. The van der Waals surface area contributed by atoms with E-state index in [4.69, 9.17) is 5.73 Å². The van der Waals surface area contributed by atoms with Crippen molar-refractivity contribution in [3.8, 4) is 0 Å². The molecule has 1 aromatic heterocycles. The zero-order valence-corrected chi connectivity index (χ0v) is 9.93. The largest absolute Gasteiger partial charge is 0.394 e. The Labute approximate surface area is 100 Å². The lowest BCUT2D eigenvalue weighted by Gasteiger charge is -2.11. The molecule has 0 bridgehead atoms. The van der Waals surface area contributed by atoms with Crippen molar-refractivity contribution < 1.29 is 5.11 Å². The number of imidazole rings is 1. The van der Waals surface area contributed by atoms with Gasteiger partial charge in [-0.3, -0.25) is 0 Å². The number of nitrogens with zero attached hydrogens (tertiary/aromatic N) is 2. The van der Waals surface area contributed by atoms with Crippen LogP contribution >= 0.6 is 0 Å². The predicted octanol–water partition coefficient (Wildman–Crippen LogP) is 1.67. The number of aliphatic hydroxyl groups is 1. The number of aromatic nitrogens is 2. The van der Waals surface area contributed by atoms with Crippen LogP contribution in [0.15, 0.2) is 18.2 Å². The number of aryl methyl sites for hydroxylation is 1. The van der Waals surface area contributed by atoms with Gasteiger partial charge in [-0.1, -0.05) is 6.07 Å². The number of rotatable bonds is 3. The van der Waals surface area contributed by atoms with Gasteiger partial charge in [0.25, 0.3) is 0 Å². The van der Waals surface area contributed by atoms with E-state index >= 15 is 0 Å². The van der Waals surface area contributed by atoms with Crippen LogP contribution in [0.2, 0.25) is 0 Å². The highest BCUT2D eigenvalue weighted by atomic mass is 16.3. The predicted molar refractivity (Wildman–Crippen MR) is 66.8 cm³/mol. The highest BCUT2D eigenvalue weighted by molar-refractivity contribution is 5.77. The first-order valence-electron chi connectivity index (χ1n) is 6.05. The summed E-state index contributed by atoms with van der Waals surface area (Å²) in [5.74, 6) is 0.815. The first-order chi connectivity index (χ1) is 8.20. The van der Waals surface area contributed by atoms with E-state index < -0.39 is 0 Å². The minimum Gasteiger partial charge on any atom is -0.394 e. The smallest absolute Gasteiger partial charge is 0.129 e. The molecular weight excluding hydrogens is 214 g/mol. The first kappa shape index (κ1) is 10.7. The highest BCUT2D eigenvalue weighted by Crippen LogP contribution is 2.39. The standard InChI is InChI=1S/C13H17N3O/c1-8-2-5-12-11(6-8)15-13(10(14)7-17)16(12)9-3-4-9/h2,5-6,9-10,17H,3-4,7,14H2,1H3. The minimum absolute atomic E-state index is 0.0605. The van der Waals surface area contributed by atoms with Gasteiger partial charge in [0.15, 0.2) is 0 Å². The summed E-state index contributed by atoms with van der Waals surface area (Å²) >= 11 is 0. The maximum atomic E-state index is 9.22. The molecule has 0 spiro atoms. The number of hydrogen-bond donors (Lipinski definition) is 2. The van der Waals surface area contributed by atoms with Gasteiger partial charge in [0.1, 0.15) is 5.82 Å². The molecular formula is C13H17N3O. The fourth-order valence-electron chi connectivity index (χ4n) is 2.29. The molecule has 4 nitrogen and oxygen atoms in total. The molecule has 0 saturated heterocycles. The van der Waals surface area contributed by atoms with Gasteiger partial charge in [-0.05, 0) is 37.5 Å². The monoisotopic (exact) mass is 231 g/mol. The van der Waals surface area contributed by atoms with Crippen molar-refractivity contribution in [2.75, 3.05) is 6.61 Å². The topological polar surface area (TPSA) is 64.1 Å². The van der Waals surface area contributed by atoms with E-state index in [9.17, 15) is 5.11 Å². The third kappa shape index (κ3) is 1.73. The van der Waals surface area contributed by atoms with Crippen LogP contribution in [0.4, 0.5) is 0 Å². The summed E-state index contributed by atoms with van der Waals surface area (Å²) in [7, 11) is 0.